The van der Waals surface area contributed by atoms with Gasteiger partial charge in [0.05, 0.1) is 26.4 Å². The zero-order valence-electron chi connectivity index (χ0n) is 59.5. The third-order valence-electron chi connectivity index (χ3n) is 17.0. The molecule has 0 amide bonds. The maximum atomic E-state index is 13.0. The molecule has 0 fully saturated rings. The third kappa shape index (κ3) is 63.6. The summed E-state index contributed by atoms with van der Waals surface area (Å²) in [4.78, 5) is 72.6. The first-order valence-corrected chi connectivity index (χ1v) is 40.2. The van der Waals surface area contributed by atoms with Crippen molar-refractivity contribution >= 4 is 39.5 Å². The molecule has 0 rings (SSSR count). The van der Waals surface area contributed by atoms with Crippen LogP contribution < -0.4 is 0 Å². The van der Waals surface area contributed by atoms with Crippen molar-refractivity contribution in [2.75, 3.05) is 39.6 Å². The lowest BCUT2D eigenvalue weighted by atomic mass is 10.00. The lowest BCUT2D eigenvalue weighted by molar-refractivity contribution is -0.161. The summed E-state index contributed by atoms with van der Waals surface area (Å²) in [6, 6.07) is 0. The molecule has 3 N–H and O–H groups in total. The quantitative estimate of drug-likeness (QED) is 0.0169. The van der Waals surface area contributed by atoms with Gasteiger partial charge in [-0.2, -0.15) is 0 Å². The molecule has 7 atom stereocenters. The van der Waals surface area contributed by atoms with Gasteiger partial charge in [-0.15, -0.1) is 0 Å². The molecule has 0 aliphatic rings. The monoisotopic (exact) mass is 1350 g/mol. The number of hydrogen-bond donors (Lipinski definition) is 3. The first kappa shape index (κ1) is 89.5. The minimum Gasteiger partial charge on any atom is -0.462 e. The van der Waals surface area contributed by atoms with Crippen LogP contribution in [0.15, 0.2) is 24.3 Å². The summed E-state index contributed by atoms with van der Waals surface area (Å²) < 4.78 is 68.3. The number of allylic oxidation sites excluding steroid dienone is 4. The van der Waals surface area contributed by atoms with E-state index < -0.39 is 97.5 Å². The number of ether oxygens (including phenoxy) is 4. The number of aliphatic hydroxyl groups is 1. The van der Waals surface area contributed by atoms with Crippen LogP contribution in [-0.2, 0) is 65.4 Å². The van der Waals surface area contributed by atoms with E-state index in [1.54, 1.807) is 0 Å². The normalized spacial score (nSPS) is 14.9. The lowest BCUT2D eigenvalue weighted by Crippen LogP contribution is -2.30. The molecule has 92 heavy (non-hydrogen) atoms. The molecule has 0 saturated carbocycles. The second-order valence-corrected chi connectivity index (χ2v) is 29.5. The average molecular weight is 1350 g/mol. The zero-order valence-corrected chi connectivity index (χ0v) is 61.3. The highest BCUT2D eigenvalue weighted by Gasteiger charge is 2.30. The van der Waals surface area contributed by atoms with E-state index in [-0.39, 0.29) is 25.7 Å². The van der Waals surface area contributed by atoms with Gasteiger partial charge >= 0.3 is 39.5 Å². The number of esters is 4. The van der Waals surface area contributed by atoms with E-state index >= 15 is 0 Å². The van der Waals surface area contributed by atoms with Crippen LogP contribution in [0.4, 0.5) is 0 Å². The van der Waals surface area contributed by atoms with Gasteiger partial charge in [-0.25, -0.2) is 9.13 Å². The van der Waals surface area contributed by atoms with E-state index in [9.17, 15) is 43.2 Å². The van der Waals surface area contributed by atoms with Crippen LogP contribution in [0.2, 0.25) is 0 Å². The first-order valence-electron chi connectivity index (χ1n) is 37.2. The van der Waals surface area contributed by atoms with E-state index in [1.165, 1.54) is 128 Å². The van der Waals surface area contributed by atoms with Crippen molar-refractivity contribution in [2.45, 2.75) is 362 Å². The molecule has 542 valence electrons. The molecule has 0 aromatic heterocycles. The third-order valence-corrected chi connectivity index (χ3v) is 18.9. The number of aliphatic hydroxyl groups excluding tert-OH is 1. The van der Waals surface area contributed by atoms with Crippen molar-refractivity contribution < 1.29 is 80.2 Å². The summed E-state index contributed by atoms with van der Waals surface area (Å²) in [6.07, 6.45) is 50.9. The molecule has 0 saturated heterocycles. The van der Waals surface area contributed by atoms with Crippen LogP contribution in [0, 0.1) is 17.8 Å². The Balaban J connectivity index is 5.25. The van der Waals surface area contributed by atoms with Crippen LogP contribution >= 0.6 is 15.6 Å². The van der Waals surface area contributed by atoms with E-state index in [0.29, 0.717) is 31.6 Å². The summed E-state index contributed by atoms with van der Waals surface area (Å²) in [5.41, 5.74) is 0. The van der Waals surface area contributed by atoms with Crippen LogP contribution in [0.5, 0.6) is 0 Å². The van der Waals surface area contributed by atoms with Crippen LogP contribution in [0.3, 0.4) is 0 Å². The van der Waals surface area contributed by atoms with Gasteiger partial charge in [0, 0.05) is 25.7 Å². The summed E-state index contributed by atoms with van der Waals surface area (Å²) in [6.45, 7) is 11.7. The van der Waals surface area contributed by atoms with Crippen LogP contribution in [0.25, 0.3) is 0 Å². The Hall–Kier alpha value is -2.46. The molecule has 0 bridgehead atoms. The predicted molar refractivity (Wildman–Crippen MR) is 372 cm³/mol. The number of phosphoric ester groups is 2. The Morgan fingerprint density at radius 1 is 0.359 bits per heavy atom. The van der Waals surface area contributed by atoms with Gasteiger partial charge in [0.25, 0.3) is 0 Å². The molecule has 0 heterocycles. The number of phosphoric acid groups is 2. The highest BCUT2D eigenvalue weighted by molar-refractivity contribution is 7.47. The Kier molecular flexibility index (Phi) is 61.6. The van der Waals surface area contributed by atoms with E-state index in [1.807, 2.05) is 0 Å². The van der Waals surface area contributed by atoms with Crippen molar-refractivity contribution in [2.24, 2.45) is 17.8 Å². The highest BCUT2D eigenvalue weighted by Crippen LogP contribution is 2.45. The van der Waals surface area contributed by atoms with Gasteiger partial charge in [0.1, 0.15) is 19.3 Å². The SMILES string of the molecule is CCCCCC/C=C\C=C/CCCCCCCC(=O)OC[C@H](COP(=O)(O)OC[C@@H](O)COP(=O)(O)OC[C@@H](COC(=O)CCCCCCCCC(C)CC)OC(=O)CCCCCCCCCCCCCCCCC(C)C)OC(=O)CCCCCCCCC(C)CC. The molecule has 0 aromatic carbocycles. The van der Waals surface area contributed by atoms with Crippen LogP contribution in [0.1, 0.15) is 344 Å². The number of carbonyl (C=O) groups excluding carboxylic acids is 4. The van der Waals surface area contributed by atoms with E-state index in [4.69, 9.17) is 37.0 Å². The summed E-state index contributed by atoms with van der Waals surface area (Å²) >= 11 is 0. The fraction of sp³-hybridized carbons (Fsp3) is 0.890. The Bertz CT molecular complexity index is 1900. The minimum atomic E-state index is -4.96. The molecule has 17 nitrogen and oxygen atoms in total. The predicted octanol–water partition coefficient (Wildman–Crippen LogP) is 20.6. The van der Waals surface area contributed by atoms with Gasteiger partial charge < -0.3 is 33.8 Å². The Morgan fingerprint density at radius 3 is 0.967 bits per heavy atom. The summed E-state index contributed by atoms with van der Waals surface area (Å²) in [5, 5.41) is 10.6. The molecule has 0 aromatic rings. The lowest BCUT2D eigenvalue weighted by Gasteiger charge is -2.21. The van der Waals surface area contributed by atoms with Gasteiger partial charge in [-0.05, 0) is 69.1 Å². The smallest absolute Gasteiger partial charge is 0.462 e. The molecule has 4 unspecified atom stereocenters. The average Bonchev–Trinajstić information content (AvgIpc) is 2.29. The fourth-order valence-electron chi connectivity index (χ4n) is 10.5. The standard InChI is InChI=1S/C73H138O17P2/c1-8-11-12-13-14-15-16-17-18-22-25-28-31-40-47-54-70(75)83-60-69(90-73(78)57-50-43-36-34-39-46-53-66(7)10-3)63-88-92(81,82)86-59-67(74)58-85-91(79,80)87-62-68(61-84-71(76)55-48-41-35-33-38-45-52-65(6)9-2)89-72(77)56-49-42-32-29-26-23-20-19-21-24-27-30-37-44-51-64(4)5/h15-18,64-69,74H,8-14,19-63H2,1-7H3,(H,79,80)(H,81,82)/b16-15-,18-17-/t65?,66?,67-,68+,69+/m0/s1. The Labute approximate surface area is 561 Å². The maximum Gasteiger partial charge on any atom is 0.472 e. The van der Waals surface area contributed by atoms with Gasteiger partial charge in [0.2, 0.25) is 0 Å². The maximum absolute atomic E-state index is 13.0. The Morgan fingerprint density at radius 2 is 0.641 bits per heavy atom. The highest BCUT2D eigenvalue weighted by atomic mass is 31.2. The topological polar surface area (TPSA) is 237 Å². The molecule has 19 heteroatoms. The molecule has 0 aliphatic carbocycles. The van der Waals surface area contributed by atoms with Gasteiger partial charge in [-0.1, -0.05) is 291 Å². The largest absolute Gasteiger partial charge is 0.472 e. The van der Waals surface area contributed by atoms with Crippen molar-refractivity contribution in [3.05, 3.63) is 24.3 Å². The summed E-state index contributed by atoms with van der Waals surface area (Å²) in [5.74, 6) is 0.0825. The van der Waals surface area contributed by atoms with Gasteiger partial charge in [-0.3, -0.25) is 37.3 Å². The molecular formula is C73H138O17P2. The fourth-order valence-corrected chi connectivity index (χ4v) is 12.0. The van der Waals surface area contributed by atoms with E-state index in [2.05, 4.69) is 72.8 Å². The number of hydrogen-bond acceptors (Lipinski definition) is 15. The zero-order chi connectivity index (χ0) is 68.0. The molecular weight excluding hydrogens is 1210 g/mol. The van der Waals surface area contributed by atoms with Crippen molar-refractivity contribution in [1.82, 2.24) is 0 Å². The first-order chi connectivity index (χ1) is 44.3. The second kappa shape index (κ2) is 63.3. The van der Waals surface area contributed by atoms with E-state index in [0.717, 1.165) is 127 Å². The van der Waals surface area contributed by atoms with Crippen molar-refractivity contribution in [3.63, 3.8) is 0 Å². The summed E-state index contributed by atoms with van der Waals surface area (Å²) in [7, 11) is -9.92. The molecule has 0 spiro atoms. The molecule has 0 aliphatic heterocycles. The van der Waals surface area contributed by atoms with Crippen molar-refractivity contribution in [3.8, 4) is 0 Å². The molecule has 0 radical (unpaired) electrons. The minimum absolute atomic E-state index is 0.0957. The van der Waals surface area contributed by atoms with Crippen molar-refractivity contribution in [1.29, 1.82) is 0 Å². The second-order valence-electron chi connectivity index (χ2n) is 26.6. The van der Waals surface area contributed by atoms with Crippen LogP contribution in [-0.4, -0.2) is 96.7 Å². The van der Waals surface area contributed by atoms with Gasteiger partial charge in [0.15, 0.2) is 12.2 Å². The number of rotatable bonds is 69. The number of unbranched alkanes of at least 4 members (excludes halogenated alkanes) is 32. The number of carbonyl (C=O) groups is 4.